The van der Waals surface area contributed by atoms with Crippen LogP contribution in [0, 0.1) is 5.92 Å². The maximum absolute atomic E-state index is 13.1. The van der Waals surface area contributed by atoms with Gasteiger partial charge in [-0.2, -0.15) is 0 Å². The first-order chi connectivity index (χ1) is 14.4. The molecule has 1 N–H and O–H groups in total. The van der Waals surface area contributed by atoms with Crippen LogP contribution in [0.2, 0.25) is 0 Å². The van der Waals surface area contributed by atoms with E-state index >= 15 is 0 Å². The molecule has 0 spiro atoms. The summed E-state index contributed by atoms with van der Waals surface area (Å²) in [6, 6.07) is 6.32. The number of hydrogen-bond donors (Lipinski definition) is 1. The number of ether oxygens (including phenoxy) is 1. The van der Waals surface area contributed by atoms with Gasteiger partial charge in [-0.3, -0.25) is 14.4 Å². The van der Waals surface area contributed by atoms with Crippen molar-refractivity contribution in [3.63, 3.8) is 0 Å². The molecule has 0 radical (unpaired) electrons. The van der Waals surface area contributed by atoms with Crippen LogP contribution >= 0.6 is 0 Å². The number of carbonyl (C=O) groups excluding carboxylic acids is 3. The molecule has 2 saturated heterocycles. The van der Waals surface area contributed by atoms with Crippen molar-refractivity contribution in [2.75, 3.05) is 38.3 Å². The maximum Gasteiger partial charge on any atom is 0.252 e. The van der Waals surface area contributed by atoms with E-state index in [-0.39, 0.29) is 36.7 Å². The van der Waals surface area contributed by atoms with Gasteiger partial charge in [0, 0.05) is 31.4 Å². The lowest BCUT2D eigenvalue weighted by Crippen LogP contribution is -2.52. The van der Waals surface area contributed by atoms with Gasteiger partial charge in [0.1, 0.15) is 18.7 Å². The smallest absolute Gasteiger partial charge is 0.252 e. The van der Waals surface area contributed by atoms with Gasteiger partial charge >= 0.3 is 0 Å². The minimum absolute atomic E-state index is 0.0345. The van der Waals surface area contributed by atoms with Gasteiger partial charge in [0.25, 0.3) is 5.91 Å². The second-order valence-corrected chi connectivity index (χ2v) is 8.70. The molecule has 2 fully saturated rings. The molecule has 2 heterocycles. The normalized spacial score (nSPS) is 20.3. The molecule has 7 nitrogen and oxygen atoms in total. The number of nitrogens with zero attached hydrogens (tertiary/aromatic N) is 2. The van der Waals surface area contributed by atoms with E-state index in [1.807, 2.05) is 32.0 Å². The summed E-state index contributed by atoms with van der Waals surface area (Å²) in [5.41, 5.74) is 1.59. The highest BCUT2D eigenvalue weighted by Gasteiger charge is 2.35. The molecular formula is C23H33N3O4. The Balaban J connectivity index is 1.72. The number of likely N-dealkylation sites (N-methyl/N-ethyl adjacent to an activating group) is 1. The molecule has 2 aliphatic rings. The van der Waals surface area contributed by atoms with Gasteiger partial charge in [0.2, 0.25) is 5.91 Å². The number of ketones is 1. The Morgan fingerprint density at radius 1 is 1.23 bits per heavy atom. The van der Waals surface area contributed by atoms with Crippen molar-refractivity contribution >= 4 is 23.3 Å². The van der Waals surface area contributed by atoms with Gasteiger partial charge in [-0.25, -0.2) is 0 Å². The van der Waals surface area contributed by atoms with Crippen LogP contribution < -0.4 is 10.2 Å². The predicted molar refractivity (Wildman–Crippen MR) is 116 cm³/mol. The fraction of sp³-hybridized carbons (Fsp3) is 0.609. The molecule has 0 aromatic heterocycles. The highest BCUT2D eigenvalue weighted by Crippen LogP contribution is 2.21. The number of rotatable bonds is 7. The lowest BCUT2D eigenvalue weighted by atomic mass is 10.0. The average molecular weight is 416 g/mol. The maximum atomic E-state index is 13.1. The molecule has 0 aliphatic carbocycles. The van der Waals surface area contributed by atoms with E-state index in [1.165, 1.54) is 11.3 Å². The van der Waals surface area contributed by atoms with Crippen LogP contribution in [0.1, 0.15) is 49.9 Å². The predicted octanol–water partition coefficient (Wildman–Crippen LogP) is 2.25. The third-order valence-electron chi connectivity index (χ3n) is 5.85. The summed E-state index contributed by atoms with van der Waals surface area (Å²) in [6.45, 7) is 6.26. The highest BCUT2D eigenvalue weighted by molar-refractivity contribution is 5.99. The monoisotopic (exact) mass is 415 g/mol. The van der Waals surface area contributed by atoms with Crippen molar-refractivity contribution in [1.82, 2.24) is 10.2 Å². The van der Waals surface area contributed by atoms with Crippen molar-refractivity contribution in [2.45, 2.75) is 51.6 Å². The summed E-state index contributed by atoms with van der Waals surface area (Å²) in [5, 5.41) is 2.91. The molecule has 2 atom stereocenters. The molecule has 2 unspecified atom stereocenters. The molecular weight excluding hydrogens is 382 g/mol. The van der Waals surface area contributed by atoms with Gasteiger partial charge in [-0.15, -0.1) is 0 Å². The molecule has 0 saturated carbocycles. The number of hydrogen-bond acceptors (Lipinski definition) is 5. The molecule has 1 aromatic rings. The number of Topliss-reactive ketones (excluding diaryl/α,β-unsaturated/α-hetero) is 1. The SMILES string of the molecule is CC(C)CC(NC(=O)c1cccc(N2CCCCC2)c1)C(=O)N(C)C1COCC1=O. The summed E-state index contributed by atoms with van der Waals surface area (Å²) >= 11 is 0. The minimum atomic E-state index is -0.686. The molecule has 0 bridgehead atoms. The number of piperidine rings is 1. The van der Waals surface area contributed by atoms with Crippen molar-refractivity contribution in [3.8, 4) is 0 Å². The minimum Gasteiger partial charge on any atom is -0.372 e. The second-order valence-electron chi connectivity index (χ2n) is 8.70. The summed E-state index contributed by atoms with van der Waals surface area (Å²) in [7, 11) is 1.61. The first-order valence-electron chi connectivity index (χ1n) is 10.9. The first kappa shape index (κ1) is 22.3. The summed E-state index contributed by atoms with van der Waals surface area (Å²) < 4.78 is 5.19. The van der Waals surface area contributed by atoms with Gasteiger partial charge in [-0.05, 0) is 49.8 Å². The quantitative estimate of drug-likeness (QED) is 0.739. The number of nitrogens with one attached hydrogen (secondary N) is 1. The molecule has 3 rings (SSSR count). The second kappa shape index (κ2) is 10.1. The zero-order valence-electron chi connectivity index (χ0n) is 18.2. The molecule has 1 aromatic carbocycles. The van der Waals surface area contributed by atoms with Crippen LogP contribution in [0.4, 0.5) is 5.69 Å². The Kier molecular flexibility index (Phi) is 7.48. The first-order valence-corrected chi connectivity index (χ1v) is 10.9. The molecule has 7 heteroatoms. The number of carbonyl (C=O) groups is 3. The van der Waals surface area contributed by atoms with Crippen LogP contribution in [0.5, 0.6) is 0 Å². The lowest BCUT2D eigenvalue weighted by Gasteiger charge is -2.30. The molecule has 2 amide bonds. The fourth-order valence-electron chi connectivity index (χ4n) is 4.12. The summed E-state index contributed by atoms with van der Waals surface area (Å²) in [5.74, 6) is -0.416. The van der Waals surface area contributed by atoms with Gasteiger partial charge < -0.3 is 19.9 Å². The molecule has 2 aliphatic heterocycles. The Hall–Kier alpha value is -2.41. The van der Waals surface area contributed by atoms with Crippen molar-refractivity contribution in [3.05, 3.63) is 29.8 Å². The third kappa shape index (κ3) is 5.39. The van der Waals surface area contributed by atoms with E-state index in [9.17, 15) is 14.4 Å². The van der Waals surface area contributed by atoms with Crippen molar-refractivity contribution in [1.29, 1.82) is 0 Å². The summed E-state index contributed by atoms with van der Waals surface area (Å²) in [6.07, 6.45) is 4.08. The highest BCUT2D eigenvalue weighted by atomic mass is 16.5. The van der Waals surface area contributed by atoms with E-state index in [0.29, 0.717) is 12.0 Å². The Labute approximate surface area is 178 Å². The number of anilines is 1. The van der Waals surface area contributed by atoms with Crippen molar-refractivity contribution < 1.29 is 19.1 Å². The Bertz CT molecular complexity index is 773. The fourth-order valence-corrected chi connectivity index (χ4v) is 4.12. The van der Waals surface area contributed by atoms with Crippen molar-refractivity contribution in [2.24, 2.45) is 5.92 Å². The lowest BCUT2D eigenvalue weighted by molar-refractivity contribution is -0.138. The molecule has 30 heavy (non-hydrogen) atoms. The standard InChI is InChI=1S/C23H33N3O4/c1-16(2)12-19(23(29)25(3)20-14-30-15-21(20)27)24-22(28)17-8-7-9-18(13-17)26-10-5-4-6-11-26/h7-9,13,16,19-20H,4-6,10-12,14-15H2,1-3H3,(H,24,28). The zero-order valence-corrected chi connectivity index (χ0v) is 18.2. The van der Waals surface area contributed by atoms with Crippen LogP contribution in [0.15, 0.2) is 24.3 Å². The van der Waals surface area contributed by atoms with E-state index < -0.39 is 12.1 Å². The van der Waals surface area contributed by atoms with Crippen LogP contribution in [0.25, 0.3) is 0 Å². The molecule has 164 valence electrons. The topological polar surface area (TPSA) is 79.0 Å². The van der Waals surface area contributed by atoms with E-state index in [2.05, 4.69) is 10.2 Å². The van der Waals surface area contributed by atoms with E-state index in [4.69, 9.17) is 4.74 Å². The van der Waals surface area contributed by atoms with Gasteiger partial charge in [0.05, 0.1) is 6.61 Å². The Morgan fingerprint density at radius 3 is 2.60 bits per heavy atom. The number of amides is 2. The van der Waals surface area contributed by atoms with Crippen LogP contribution in [-0.2, 0) is 14.3 Å². The largest absolute Gasteiger partial charge is 0.372 e. The van der Waals surface area contributed by atoms with Crippen LogP contribution in [-0.4, -0.2) is 67.9 Å². The number of benzene rings is 1. The third-order valence-corrected chi connectivity index (χ3v) is 5.85. The zero-order chi connectivity index (χ0) is 21.7. The average Bonchev–Trinajstić information content (AvgIpc) is 3.18. The van der Waals surface area contributed by atoms with Gasteiger partial charge in [-0.1, -0.05) is 19.9 Å². The Morgan fingerprint density at radius 2 is 1.97 bits per heavy atom. The van der Waals surface area contributed by atoms with Gasteiger partial charge in [0.15, 0.2) is 5.78 Å². The van der Waals surface area contributed by atoms with E-state index in [1.54, 1.807) is 13.1 Å². The van der Waals surface area contributed by atoms with E-state index in [0.717, 1.165) is 31.6 Å². The summed E-state index contributed by atoms with van der Waals surface area (Å²) in [4.78, 5) is 41.8. The van der Waals surface area contributed by atoms with Crippen LogP contribution in [0.3, 0.4) is 0 Å².